The van der Waals surface area contributed by atoms with Crippen LogP contribution in [0.15, 0.2) is 11.6 Å². The lowest BCUT2D eigenvalue weighted by molar-refractivity contribution is -0.143. The quantitative estimate of drug-likeness (QED) is 0.751. The van der Waals surface area contributed by atoms with E-state index in [0.717, 1.165) is 37.8 Å². The second-order valence-electron chi connectivity index (χ2n) is 6.64. The number of rotatable bonds is 3. The maximum atomic E-state index is 12.1. The summed E-state index contributed by atoms with van der Waals surface area (Å²) in [5.74, 6) is 0.940. The van der Waals surface area contributed by atoms with Gasteiger partial charge in [-0.25, -0.2) is 4.79 Å². The van der Waals surface area contributed by atoms with Crippen molar-refractivity contribution < 1.29 is 14.3 Å². The van der Waals surface area contributed by atoms with Crippen LogP contribution in [-0.4, -0.2) is 35.5 Å². The molecule has 0 aromatic heterocycles. The largest absolute Gasteiger partial charge is 0.454 e. The molecule has 2 saturated heterocycles. The van der Waals surface area contributed by atoms with Crippen LogP contribution in [0, 0.1) is 11.8 Å². The molecule has 0 aliphatic carbocycles. The van der Waals surface area contributed by atoms with Gasteiger partial charge in [-0.3, -0.25) is 4.79 Å². The number of fused-ring (bicyclic) bond motifs is 1. The Labute approximate surface area is 126 Å². The van der Waals surface area contributed by atoms with E-state index in [1.165, 1.54) is 6.42 Å². The molecule has 3 heterocycles. The Kier molecular flexibility index (Phi) is 4.05. The number of hydrogen-bond donors (Lipinski definition) is 0. The molecule has 0 radical (unpaired) electrons. The van der Waals surface area contributed by atoms with Crippen molar-refractivity contribution in [1.29, 1.82) is 0 Å². The Balaban J connectivity index is 1.82. The van der Waals surface area contributed by atoms with Crippen molar-refractivity contribution in [3.05, 3.63) is 11.6 Å². The van der Waals surface area contributed by atoms with E-state index in [4.69, 9.17) is 4.74 Å². The van der Waals surface area contributed by atoms with Crippen LogP contribution in [0.5, 0.6) is 0 Å². The molecule has 0 spiro atoms. The fraction of sp³-hybridized carbons (Fsp3) is 0.765. The number of esters is 1. The summed E-state index contributed by atoms with van der Waals surface area (Å²) in [5.41, 5.74) is 0.728. The Morgan fingerprint density at radius 1 is 1.33 bits per heavy atom. The topological polar surface area (TPSA) is 46.6 Å². The van der Waals surface area contributed by atoms with Gasteiger partial charge >= 0.3 is 5.97 Å². The van der Waals surface area contributed by atoms with Gasteiger partial charge in [0.1, 0.15) is 6.10 Å². The van der Waals surface area contributed by atoms with Gasteiger partial charge in [0.25, 0.3) is 0 Å². The summed E-state index contributed by atoms with van der Waals surface area (Å²) >= 11 is 0. The van der Waals surface area contributed by atoms with Gasteiger partial charge in [-0.15, -0.1) is 0 Å². The molecule has 0 saturated carbocycles. The van der Waals surface area contributed by atoms with Crippen molar-refractivity contribution in [3.63, 3.8) is 0 Å². The molecule has 0 aromatic rings. The van der Waals surface area contributed by atoms with Crippen LogP contribution < -0.4 is 0 Å². The average molecular weight is 291 g/mol. The third-order valence-corrected chi connectivity index (χ3v) is 5.48. The fourth-order valence-electron chi connectivity index (χ4n) is 4.40. The molecule has 21 heavy (non-hydrogen) atoms. The van der Waals surface area contributed by atoms with E-state index in [1.807, 2.05) is 13.0 Å². The molecule has 116 valence electrons. The lowest BCUT2D eigenvalue weighted by Crippen LogP contribution is -2.42. The molecule has 0 aromatic carbocycles. The van der Waals surface area contributed by atoms with Gasteiger partial charge < -0.3 is 9.64 Å². The molecular weight excluding hydrogens is 266 g/mol. The van der Waals surface area contributed by atoms with Crippen LogP contribution >= 0.6 is 0 Å². The zero-order valence-corrected chi connectivity index (χ0v) is 13.0. The molecule has 0 N–H and O–H groups in total. The van der Waals surface area contributed by atoms with Gasteiger partial charge in [0, 0.05) is 30.5 Å². The first-order valence-electron chi connectivity index (χ1n) is 8.30. The Morgan fingerprint density at radius 2 is 2.14 bits per heavy atom. The highest BCUT2D eigenvalue weighted by Gasteiger charge is 2.43. The van der Waals surface area contributed by atoms with Gasteiger partial charge in [0.2, 0.25) is 5.91 Å². The van der Waals surface area contributed by atoms with Gasteiger partial charge in [-0.05, 0) is 44.6 Å². The molecule has 4 heteroatoms. The predicted octanol–water partition coefficient (Wildman–Crippen LogP) is 2.68. The molecule has 4 nitrogen and oxygen atoms in total. The summed E-state index contributed by atoms with van der Waals surface area (Å²) in [6, 6.07) is 0.359. The molecule has 3 aliphatic heterocycles. The number of amides is 1. The van der Waals surface area contributed by atoms with Crippen molar-refractivity contribution in [1.82, 2.24) is 4.90 Å². The second kappa shape index (κ2) is 5.82. The molecule has 3 aliphatic rings. The summed E-state index contributed by atoms with van der Waals surface area (Å²) < 4.78 is 5.56. The number of nitrogens with zero attached hydrogens (tertiary/aromatic N) is 1. The van der Waals surface area contributed by atoms with Crippen molar-refractivity contribution in [2.75, 3.05) is 6.54 Å². The lowest BCUT2D eigenvalue weighted by atomic mass is 9.77. The van der Waals surface area contributed by atoms with E-state index in [9.17, 15) is 9.59 Å². The SMILES string of the molecule is CCC(C1C=C(C)C(=O)O1)C1CCCCN2C(=O)CCC12. The van der Waals surface area contributed by atoms with Gasteiger partial charge in [-0.2, -0.15) is 0 Å². The van der Waals surface area contributed by atoms with Crippen LogP contribution in [0.2, 0.25) is 0 Å². The van der Waals surface area contributed by atoms with Crippen LogP contribution in [0.3, 0.4) is 0 Å². The zero-order chi connectivity index (χ0) is 15.0. The summed E-state index contributed by atoms with van der Waals surface area (Å²) in [5, 5.41) is 0. The molecule has 3 rings (SSSR count). The van der Waals surface area contributed by atoms with Crippen molar-refractivity contribution in [3.8, 4) is 0 Å². The first-order chi connectivity index (χ1) is 10.1. The maximum absolute atomic E-state index is 12.1. The van der Waals surface area contributed by atoms with E-state index in [0.29, 0.717) is 30.2 Å². The van der Waals surface area contributed by atoms with Gasteiger partial charge in [-0.1, -0.05) is 13.3 Å². The van der Waals surface area contributed by atoms with Crippen molar-refractivity contribution in [2.24, 2.45) is 11.8 Å². The first-order valence-corrected chi connectivity index (χ1v) is 8.30. The summed E-state index contributed by atoms with van der Waals surface area (Å²) in [6.07, 6.45) is 7.98. The Morgan fingerprint density at radius 3 is 2.81 bits per heavy atom. The van der Waals surface area contributed by atoms with E-state index in [2.05, 4.69) is 11.8 Å². The molecule has 4 atom stereocenters. The first kappa shape index (κ1) is 14.6. The van der Waals surface area contributed by atoms with E-state index < -0.39 is 0 Å². The molecular formula is C17H25NO3. The monoisotopic (exact) mass is 291 g/mol. The van der Waals surface area contributed by atoms with Gasteiger partial charge in [0.15, 0.2) is 0 Å². The molecule has 4 unspecified atom stereocenters. The fourth-order valence-corrected chi connectivity index (χ4v) is 4.40. The number of carbonyl (C=O) groups excluding carboxylic acids is 2. The van der Waals surface area contributed by atoms with E-state index in [1.54, 1.807) is 0 Å². The zero-order valence-electron chi connectivity index (χ0n) is 13.0. The maximum Gasteiger partial charge on any atom is 0.334 e. The van der Waals surface area contributed by atoms with Crippen LogP contribution in [0.4, 0.5) is 0 Å². The van der Waals surface area contributed by atoms with E-state index >= 15 is 0 Å². The number of ether oxygens (including phenoxy) is 1. The summed E-state index contributed by atoms with van der Waals surface area (Å²) in [4.78, 5) is 25.9. The predicted molar refractivity (Wildman–Crippen MR) is 79.5 cm³/mol. The van der Waals surface area contributed by atoms with Gasteiger partial charge in [0.05, 0.1) is 0 Å². The highest BCUT2D eigenvalue weighted by atomic mass is 16.5. The minimum Gasteiger partial charge on any atom is -0.454 e. The number of cyclic esters (lactones) is 1. The highest BCUT2D eigenvalue weighted by molar-refractivity contribution is 5.90. The normalized spacial score (nSPS) is 34.3. The summed E-state index contributed by atoms with van der Waals surface area (Å²) in [7, 11) is 0. The van der Waals surface area contributed by atoms with Crippen molar-refractivity contribution >= 4 is 11.9 Å². The van der Waals surface area contributed by atoms with E-state index in [-0.39, 0.29) is 12.1 Å². The van der Waals surface area contributed by atoms with Crippen molar-refractivity contribution in [2.45, 2.75) is 64.5 Å². The smallest absolute Gasteiger partial charge is 0.334 e. The van der Waals surface area contributed by atoms with Crippen LogP contribution in [0.25, 0.3) is 0 Å². The molecule has 0 bridgehead atoms. The van der Waals surface area contributed by atoms with Crippen LogP contribution in [-0.2, 0) is 14.3 Å². The minimum atomic E-state index is -0.175. The van der Waals surface area contributed by atoms with Crippen LogP contribution in [0.1, 0.15) is 52.4 Å². The summed E-state index contributed by atoms with van der Waals surface area (Å²) in [6.45, 7) is 4.91. The Bertz CT molecular complexity index is 471. The molecule has 2 fully saturated rings. The average Bonchev–Trinajstić information content (AvgIpc) is 2.90. The number of carbonyl (C=O) groups is 2. The second-order valence-corrected chi connectivity index (χ2v) is 6.64. The third kappa shape index (κ3) is 2.60. The standard InChI is InChI=1S/C17H25NO3/c1-3-12(15-10-11(2)17(20)21-15)13-6-4-5-9-18-14(13)7-8-16(18)19/h10,12-15H,3-9H2,1-2H3. The highest BCUT2D eigenvalue weighted by Crippen LogP contribution is 2.40. The number of hydrogen-bond acceptors (Lipinski definition) is 3. The lowest BCUT2D eigenvalue weighted by Gasteiger charge is -2.36. The molecule has 1 amide bonds. The third-order valence-electron chi connectivity index (χ3n) is 5.48. The minimum absolute atomic E-state index is 0.0943. The Hall–Kier alpha value is -1.32.